The lowest BCUT2D eigenvalue weighted by Gasteiger charge is -2.44. The van der Waals surface area contributed by atoms with Crippen LogP contribution in [0, 0.1) is 5.41 Å². The van der Waals surface area contributed by atoms with E-state index in [1.54, 1.807) is 0 Å². The quantitative estimate of drug-likeness (QED) is 0.748. The molecule has 0 unspecified atom stereocenters. The first kappa shape index (κ1) is 13.3. The third-order valence-electron chi connectivity index (χ3n) is 4.44. The second-order valence-corrected chi connectivity index (χ2v) is 6.33. The fourth-order valence-corrected chi connectivity index (χ4v) is 3.04. The van der Waals surface area contributed by atoms with Crippen LogP contribution in [0.15, 0.2) is 0 Å². The summed E-state index contributed by atoms with van der Waals surface area (Å²) in [5.74, 6) is 0. The van der Waals surface area contributed by atoms with E-state index in [1.807, 2.05) is 0 Å². The Hall–Kier alpha value is -0.120. The van der Waals surface area contributed by atoms with Crippen LogP contribution in [0.1, 0.15) is 33.6 Å². The van der Waals surface area contributed by atoms with E-state index in [-0.39, 0.29) is 0 Å². The van der Waals surface area contributed by atoms with E-state index >= 15 is 0 Å². The summed E-state index contributed by atoms with van der Waals surface area (Å²) in [5.41, 5.74) is 0.530. The highest BCUT2D eigenvalue weighted by molar-refractivity contribution is 4.86. The van der Waals surface area contributed by atoms with Crippen LogP contribution in [0.4, 0.5) is 0 Å². The fourth-order valence-electron chi connectivity index (χ4n) is 3.04. The third-order valence-corrected chi connectivity index (χ3v) is 4.44. The zero-order valence-corrected chi connectivity index (χ0v) is 11.7. The van der Waals surface area contributed by atoms with Gasteiger partial charge in [-0.3, -0.25) is 4.90 Å². The minimum atomic E-state index is 0.530. The van der Waals surface area contributed by atoms with Crippen molar-refractivity contribution in [3.8, 4) is 0 Å². The highest BCUT2D eigenvalue weighted by atomic mass is 16.5. The first-order chi connectivity index (χ1) is 8.09. The molecule has 0 saturated carbocycles. The van der Waals surface area contributed by atoms with Crippen LogP contribution in [0.2, 0.25) is 0 Å². The Morgan fingerprint density at radius 1 is 1.06 bits per heavy atom. The molecule has 0 aromatic heterocycles. The van der Waals surface area contributed by atoms with Gasteiger partial charge in [-0.15, -0.1) is 0 Å². The number of rotatable bonds is 3. The van der Waals surface area contributed by atoms with Crippen LogP contribution in [0.25, 0.3) is 0 Å². The van der Waals surface area contributed by atoms with Crippen LogP contribution in [0.3, 0.4) is 0 Å². The predicted octanol–water partition coefficient (Wildman–Crippen LogP) is 1.83. The van der Waals surface area contributed by atoms with Gasteiger partial charge in [0, 0.05) is 25.7 Å². The zero-order valence-electron chi connectivity index (χ0n) is 11.7. The van der Waals surface area contributed by atoms with Crippen molar-refractivity contribution in [2.75, 3.05) is 45.9 Å². The summed E-state index contributed by atoms with van der Waals surface area (Å²) in [5, 5.41) is 0. The minimum Gasteiger partial charge on any atom is -0.379 e. The van der Waals surface area contributed by atoms with E-state index in [9.17, 15) is 0 Å². The Morgan fingerprint density at radius 3 is 2.18 bits per heavy atom. The van der Waals surface area contributed by atoms with Gasteiger partial charge in [0.2, 0.25) is 0 Å². The van der Waals surface area contributed by atoms with Gasteiger partial charge >= 0.3 is 0 Å². The van der Waals surface area contributed by atoms with Crippen LogP contribution in [0.5, 0.6) is 0 Å². The molecule has 0 amide bonds. The van der Waals surface area contributed by atoms with Crippen molar-refractivity contribution < 1.29 is 4.74 Å². The number of nitrogens with zero attached hydrogens (tertiary/aromatic N) is 2. The van der Waals surface area contributed by atoms with Crippen molar-refractivity contribution in [1.29, 1.82) is 0 Å². The molecule has 100 valence electrons. The number of hydrogen-bond donors (Lipinski definition) is 0. The summed E-state index contributed by atoms with van der Waals surface area (Å²) in [6, 6.07) is 0.711. The maximum Gasteiger partial charge on any atom is 0.0594 e. The molecule has 0 radical (unpaired) electrons. The highest BCUT2D eigenvalue weighted by Gasteiger charge is 2.32. The molecule has 17 heavy (non-hydrogen) atoms. The lowest BCUT2D eigenvalue weighted by atomic mass is 9.79. The second kappa shape index (κ2) is 5.68. The normalized spacial score (nSPS) is 27.5. The Balaban J connectivity index is 1.80. The lowest BCUT2D eigenvalue weighted by Crippen LogP contribution is -2.48. The molecule has 0 aliphatic carbocycles. The van der Waals surface area contributed by atoms with Gasteiger partial charge in [0.1, 0.15) is 0 Å². The summed E-state index contributed by atoms with van der Waals surface area (Å²) < 4.78 is 5.42. The van der Waals surface area contributed by atoms with Gasteiger partial charge in [-0.25, -0.2) is 0 Å². The van der Waals surface area contributed by atoms with Crippen molar-refractivity contribution in [2.45, 2.75) is 39.7 Å². The molecule has 2 rings (SSSR count). The monoisotopic (exact) mass is 240 g/mol. The summed E-state index contributed by atoms with van der Waals surface area (Å²) >= 11 is 0. The molecule has 3 nitrogen and oxygen atoms in total. The molecule has 0 atom stereocenters. The van der Waals surface area contributed by atoms with Crippen molar-refractivity contribution in [2.24, 2.45) is 5.41 Å². The summed E-state index contributed by atoms with van der Waals surface area (Å²) in [4.78, 5) is 5.20. The number of piperidine rings is 1. The van der Waals surface area contributed by atoms with Crippen LogP contribution >= 0.6 is 0 Å². The van der Waals surface area contributed by atoms with Crippen LogP contribution in [-0.4, -0.2) is 61.8 Å². The first-order valence-electron chi connectivity index (χ1n) is 7.13. The van der Waals surface area contributed by atoms with Gasteiger partial charge < -0.3 is 9.64 Å². The predicted molar refractivity (Wildman–Crippen MR) is 71.3 cm³/mol. The number of likely N-dealkylation sites (tertiary alicyclic amines) is 1. The van der Waals surface area contributed by atoms with Gasteiger partial charge in [-0.1, -0.05) is 6.92 Å². The molecular weight excluding hydrogens is 212 g/mol. The Kier molecular flexibility index (Phi) is 4.45. The van der Waals surface area contributed by atoms with Crippen molar-refractivity contribution in [3.63, 3.8) is 0 Å². The molecule has 3 heteroatoms. The standard InChI is InChI=1S/C14H28N2O/c1-13(2)16-6-4-14(3,5-7-16)12-15-8-10-17-11-9-15/h13H,4-12H2,1-3H3. The lowest BCUT2D eigenvalue weighted by molar-refractivity contribution is 0.000876. The molecule has 0 spiro atoms. The van der Waals surface area contributed by atoms with E-state index < -0.39 is 0 Å². The first-order valence-corrected chi connectivity index (χ1v) is 7.13. The molecule has 2 fully saturated rings. The Morgan fingerprint density at radius 2 is 1.65 bits per heavy atom. The maximum absolute atomic E-state index is 5.42. The van der Waals surface area contributed by atoms with Crippen LogP contribution in [-0.2, 0) is 4.74 Å². The smallest absolute Gasteiger partial charge is 0.0594 e. The molecule has 0 N–H and O–H groups in total. The number of morpholine rings is 1. The molecule has 2 aliphatic rings. The largest absolute Gasteiger partial charge is 0.379 e. The fraction of sp³-hybridized carbons (Fsp3) is 1.00. The van der Waals surface area contributed by atoms with E-state index in [1.165, 1.54) is 32.5 Å². The average Bonchev–Trinajstić information content (AvgIpc) is 2.30. The van der Waals surface area contributed by atoms with E-state index in [4.69, 9.17) is 4.74 Å². The van der Waals surface area contributed by atoms with Gasteiger partial charge in [-0.2, -0.15) is 0 Å². The summed E-state index contributed by atoms with van der Waals surface area (Å²) in [6.07, 6.45) is 2.70. The Bertz CT molecular complexity index is 228. The number of hydrogen-bond acceptors (Lipinski definition) is 3. The molecule has 0 aromatic carbocycles. The Labute approximate surface area is 106 Å². The third kappa shape index (κ3) is 3.67. The highest BCUT2D eigenvalue weighted by Crippen LogP contribution is 2.32. The zero-order chi connectivity index (χ0) is 12.3. The maximum atomic E-state index is 5.42. The van der Waals surface area contributed by atoms with Crippen LogP contribution < -0.4 is 0 Å². The minimum absolute atomic E-state index is 0.530. The second-order valence-electron chi connectivity index (χ2n) is 6.33. The van der Waals surface area contributed by atoms with Crippen molar-refractivity contribution in [3.05, 3.63) is 0 Å². The van der Waals surface area contributed by atoms with Gasteiger partial charge in [0.05, 0.1) is 13.2 Å². The topological polar surface area (TPSA) is 15.7 Å². The molecule has 2 saturated heterocycles. The van der Waals surface area contributed by atoms with E-state index in [2.05, 4.69) is 30.6 Å². The van der Waals surface area contributed by atoms with E-state index in [0.717, 1.165) is 26.3 Å². The molecule has 2 aliphatic heterocycles. The summed E-state index contributed by atoms with van der Waals surface area (Å²) in [6.45, 7) is 15.0. The van der Waals surface area contributed by atoms with Gasteiger partial charge in [0.15, 0.2) is 0 Å². The van der Waals surface area contributed by atoms with Crippen molar-refractivity contribution in [1.82, 2.24) is 9.80 Å². The SMILES string of the molecule is CC(C)N1CCC(C)(CN2CCOCC2)CC1. The molecular formula is C14H28N2O. The summed E-state index contributed by atoms with van der Waals surface area (Å²) in [7, 11) is 0. The molecule has 0 bridgehead atoms. The van der Waals surface area contributed by atoms with Gasteiger partial charge in [0.25, 0.3) is 0 Å². The average molecular weight is 240 g/mol. The van der Waals surface area contributed by atoms with Gasteiger partial charge in [-0.05, 0) is 45.2 Å². The molecule has 0 aromatic rings. The molecule has 2 heterocycles. The van der Waals surface area contributed by atoms with E-state index in [0.29, 0.717) is 11.5 Å². The number of ether oxygens (including phenoxy) is 1. The van der Waals surface area contributed by atoms with Crippen molar-refractivity contribution >= 4 is 0 Å².